The molecule has 2 heterocycles. The number of hydrogen-bond acceptors (Lipinski definition) is 10. The molecule has 1 aliphatic rings. The fraction of sp³-hybridized carbons (Fsp3) is 0.294. The number of hydrogen-bond donors (Lipinski definition) is 1. The molecule has 1 fully saturated rings. The van der Waals surface area contributed by atoms with Gasteiger partial charge < -0.3 is 19.3 Å². The lowest BCUT2D eigenvalue weighted by Gasteiger charge is -2.23. The van der Waals surface area contributed by atoms with Gasteiger partial charge in [0.25, 0.3) is 5.78 Å². The first-order valence-corrected chi connectivity index (χ1v) is 16.7. The minimum absolute atomic E-state index is 0.0556. The lowest BCUT2D eigenvalue weighted by Crippen LogP contribution is -2.29. The van der Waals surface area contributed by atoms with Gasteiger partial charge in [-0.3, -0.25) is 14.5 Å². The third kappa shape index (κ3) is 7.32. The number of anilines is 1. The predicted octanol–water partition coefficient (Wildman–Crippen LogP) is 7.43. The number of carbonyl (C=O) groups is 2. The van der Waals surface area contributed by atoms with Crippen molar-refractivity contribution >= 4 is 45.7 Å². The van der Waals surface area contributed by atoms with E-state index in [1.165, 1.54) is 28.0 Å². The van der Waals surface area contributed by atoms with Gasteiger partial charge in [-0.2, -0.15) is 0 Å². The van der Waals surface area contributed by atoms with Crippen molar-refractivity contribution in [1.29, 1.82) is 0 Å². The Hall–Kier alpha value is -4.35. The van der Waals surface area contributed by atoms with Crippen LogP contribution in [0.25, 0.3) is 5.76 Å². The molecule has 1 unspecified atom stereocenters. The number of Topliss-reactive ketones (excluding diaryl/α,β-unsaturated/α-hetero) is 1. The Morgan fingerprint density at radius 2 is 1.67 bits per heavy atom. The summed E-state index contributed by atoms with van der Waals surface area (Å²) in [4.78, 5) is 28.7. The maximum Gasteiger partial charge on any atom is 0.301 e. The average molecular weight is 646 g/mol. The summed E-state index contributed by atoms with van der Waals surface area (Å²) in [5.41, 5.74) is 2.00. The first-order chi connectivity index (χ1) is 21.9. The maximum atomic E-state index is 13.7. The fourth-order valence-corrected chi connectivity index (χ4v) is 6.69. The molecule has 0 aliphatic carbocycles. The van der Waals surface area contributed by atoms with Gasteiger partial charge in [0.1, 0.15) is 11.5 Å². The molecular formula is C34H35N3O6S2. The molecule has 1 aromatic heterocycles. The van der Waals surface area contributed by atoms with Crippen LogP contribution in [0.3, 0.4) is 0 Å². The number of nitrogens with zero attached hydrogens (tertiary/aromatic N) is 3. The first-order valence-electron chi connectivity index (χ1n) is 14.9. The Bertz CT molecular complexity index is 1660. The molecule has 1 aliphatic heterocycles. The highest BCUT2D eigenvalue weighted by Crippen LogP contribution is 2.45. The molecule has 9 nitrogen and oxygen atoms in total. The number of aromatic nitrogens is 2. The second-order valence-corrected chi connectivity index (χ2v) is 12.3. The highest BCUT2D eigenvalue weighted by molar-refractivity contribution is 8.00. The zero-order valence-electron chi connectivity index (χ0n) is 25.4. The summed E-state index contributed by atoms with van der Waals surface area (Å²) in [6.45, 7) is 7.24. The van der Waals surface area contributed by atoms with Crippen molar-refractivity contribution in [1.82, 2.24) is 10.2 Å². The van der Waals surface area contributed by atoms with Gasteiger partial charge in [-0.05, 0) is 67.8 Å². The van der Waals surface area contributed by atoms with E-state index in [4.69, 9.17) is 14.2 Å². The summed E-state index contributed by atoms with van der Waals surface area (Å²) in [5, 5.41) is 20.4. The minimum atomic E-state index is -0.986. The van der Waals surface area contributed by atoms with Gasteiger partial charge in [-0.1, -0.05) is 72.8 Å². The van der Waals surface area contributed by atoms with Gasteiger partial charge in [0.2, 0.25) is 5.13 Å². The van der Waals surface area contributed by atoms with E-state index in [0.29, 0.717) is 58.3 Å². The third-order valence-electron chi connectivity index (χ3n) is 7.03. The summed E-state index contributed by atoms with van der Waals surface area (Å²) >= 11 is 2.71. The van der Waals surface area contributed by atoms with E-state index >= 15 is 0 Å². The second kappa shape index (κ2) is 15.1. The first kappa shape index (κ1) is 32.1. The number of rotatable bonds is 14. The monoisotopic (exact) mass is 645 g/mol. The second-order valence-electron chi connectivity index (χ2n) is 10.1. The van der Waals surface area contributed by atoms with Crippen LogP contribution < -0.4 is 19.1 Å². The highest BCUT2D eigenvalue weighted by atomic mass is 32.2. The van der Waals surface area contributed by atoms with E-state index in [-0.39, 0.29) is 16.5 Å². The van der Waals surface area contributed by atoms with Crippen LogP contribution >= 0.6 is 23.1 Å². The zero-order chi connectivity index (χ0) is 31.8. The summed E-state index contributed by atoms with van der Waals surface area (Å²) in [7, 11) is 0. The predicted molar refractivity (Wildman–Crippen MR) is 176 cm³/mol. The number of thioether (sulfide) groups is 1. The van der Waals surface area contributed by atoms with Crippen LogP contribution in [0.15, 0.2) is 82.7 Å². The number of amides is 1. The van der Waals surface area contributed by atoms with Gasteiger partial charge >= 0.3 is 5.91 Å². The molecule has 1 atom stereocenters. The van der Waals surface area contributed by atoms with Gasteiger partial charge in [0.15, 0.2) is 15.8 Å². The van der Waals surface area contributed by atoms with Crippen LogP contribution in [-0.2, 0) is 15.3 Å². The molecule has 3 aromatic carbocycles. The topological polar surface area (TPSA) is 111 Å². The largest absolute Gasteiger partial charge is 0.507 e. The van der Waals surface area contributed by atoms with E-state index in [9.17, 15) is 14.7 Å². The van der Waals surface area contributed by atoms with Gasteiger partial charge in [0.05, 0.1) is 31.4 Å². The van der Waals surface area contributed by atoms with Crippen LogP contribution in [0.4, 0.5) is 5.13 Å². The smallest absolute Gasteiger partial charge is 0.301 e. The van der Waals surface area contributed by atoms with E-state index in [0.717, 1.165) is 18.4 Å². The van der Waals surface area contributed by atoms with E-state index in [1.807, 2.05) is 44.2 Å². The summed E-state index contributed by atoms with van der Waals surface area (Å²) in [5.74, 6) is 0.425. The SMILES string of the molecule is CCCCOc1ccc(C2C(=C(O)c3ccc(OCC)cc3)C(=O)C(=O)N2c2nnc(SCc3ccccc3)s2)cc1OCC. The molecule has 0 radical (unpaired) electrons. The molecule has 1 N–H and O–H groups in total. The zero-order valence-corrected chi connectivity index (χ0v) is 27.0. The van der Waals surface area contributed by atoms with Crippen molar-refractivity contribution in [2.24, 2.45) is 0 Å². The van der Waals surface area contributed by atoms with Crippen molar-refractivity contribution in [3.63, 3.8) is 0 Å². The number of aliphatic hydroxyl groups is 1. The van der Waals surface area contributed by atoms with Crippen LogP contribution in [0.2, 0.25) is 0 Å². The molecule has 1 saturated heterocycles. The van der Waals surface area contributed by atoms with E-state index in [2.05, 4.69) is 17.1 Å². The third-order valence-corrected chi connectivity index (χ3v) is 9.16. The Morgan fingerprint density at radius 3 is 2.38 bits per heavy atom. The minimum Gasteiger partial charge on any atom is -0.507 e. The number of aliphatic hydroxyl groups excluding tert-OH is 1. The molecular weight excluding hydrogens is 611 g/mol. The number of ketones is 1. The van der Waals surface area contributed by atoms with Crippen molar-refractivity contribution in [2.45, 2.75) is 49.7 Å². The molecule has 234 valence electrons. The highest BCUT2D eigenvalue weighted by Gasteiger charge is 2.48. The lowest BCUT2D eigenvalue weighted by atomic mass is 9.95. The van der Waals surface area contributed by atoms with E-state index in [1.54, 1.807) is 42.5 Å². The van der Waals surface area contributed by atoms with Gasteiger partial charge in [-0.15, -0.1) is 10.2 Å². The molecule has 0 spiro atoms. The Kier molecular flexibility index (Phi) is 10.7. The Balaban J connectivity index is 1.57. The van der Waals surface area contributed by atoms with Gasteiger partial charge in [-0.25, -0.2) is 0 Å². The average Bonchev–Trinajstić information content (AvgIpc) is 3.63. The maximum absolute atomic E-state index is 13.7. The number of unbranched alkanes of at least 4 members (excludes halogenated alkanes) is 1. The normalized spacial score (nSPS) is 15.8. The van der Waals surface area contributed by atoms with Crippen LogP contribution in [0, 0.1) is 0 Å². The van der Waals surface area contributed by atoms with Crippen molar-refractivity contribution in [3.8, 4) is 17.2 Å². The number of ether oxygens (including phenoxy) is 3. The fourth-order valence-electron chi connectivity index (χ4n) is 4.86. The van der Waals surface area contributed by atoms with Crippen molar-refractivity contribution in [2.75, 3.05) is 24.7 Å². The standard InChI is InChI=1S/C34H35N3O6S2/c1-4-7-19-43-26-18-15-24(20-27(26)42-6-3)29-28(30(38)23-13-16-25(17-14-23)41-5-2)31(39)32(40)37(29)33-35-36-34(45-33)44-21-22-11-9-8-10-12-22/h8-18,20,29,38H,4-7,19,21H2,1-3H3. The molecule has 4 aromatic rings. The molecule has 0 saturated carbocycles. The van der Waals surface area contributed by atoms with Crippen molar-refractivity contribution in [3.05, 3.63) is 95.1 Å². The quantitative estimate of drug-likeness (QED) is 0.0374. The lowest BCUT2D eigenvalue weighted by molar-refractivity contribution is -0.132. The Labute approximate surface area is 270 Å². The Morgan fingerprint density at radius 1 is 0.911 bits per heavy atom. The van der Waals surface area contributed by atoms with E-state index < -0.39 is 17.7 Å². The van der Waals surface area contributed by atoms with Crippen LogP contribution in [0.1, 0.15) is 56.3 Å². The molecule has 1 amide bonds. The molecule has 45 heavy (non-hydrogen) atoms. The van der Waals surface area contributed by atoms with Crippen LogP contribution in [-0.4, -0.2) is 46.8 Å². The molecule has 11 heteroatoms. The molecule has 0 bridgehead atoms. The summed E-state index contributed by atoms with van der Waals surface area (Å²) in [6.07, 6.45) is 1.87. The number of carbonyl (C=O) groups excluding carboxylic acids is 2. The summed E-state index contributed by atoms with van der Waals surface area (Å²) in [6, 6.07) is 21.0. The van der Waals surface area contributed by atoms with Gasteiger partial charge in [0, 0.05) is 11.3 Å². The summed E-state index contributed by atoms with van der Waals surface area (Å²) < 4.78 is 18.1. The molecule has 5 rings (SSSR count). The number of benzene rings is 3. The van der Waals surface area contributed by atoms with Crippen LogP contribution in [0.5, 0.6) is 17.2 Å². The van der Waals surface area contributed by atoms with Crippen molar-refractivity contribution < 1.29 is 28.9 Å².